The number of rotatable bonds is 2. The molecular formula is C14H15N3O. The third kappa shape index (κ3) is 1.64. The van der Waals surface area contributed by atoms with E-state index < -0.39 is 0 Å². The molecular weight excluding hydrogens is 226 g/mol. The Balaban J connectivity index is 2.15. The number of aromatic nitrogens is 1. The van der Waals surface area contributed by atoms with Crippen molar-refractivity contribution in [1.82, 2.24) is 10.3 Å². The summed E-state index contributed by atoms with van der Waals surface area (Å²) in [6.07, 6.45) is 1.49. The number of nitrogens with one attached hydrogen (secondary N) is 2. The van der Waals surface area contributed by atoms with Crippen LogP contribution in [0.25, 0.3) is 10.9 Å². The van der Waals surface area contributed by atoms with Gasteiger partial charge in [0.1, 0.15) is 5.75 Å². The molecule has 0 bridgehead atoms. The number of nitriles is 1. The van der Waals surface area contributed by atoms with E-state index in [1.807, 2.05) is 12.1 Å². The highest BCUT2D eigenvalue weighted by atomic mass is 16.5. The molecule has 0 aliphatic carbocycles. The standard InChI is InChI=1S/C14H15N3O/c1-18-9-2-3-12-11(8-9)10-5-7-16-13(4-6-15)14(10)17-12/h2-3,8,13,16-17H,4-5,7H2,1H3. The summed E-state index contributed by atoms with van der Waals surface area (Å²) in [6.45, 7) is 0.920. The normalized spacial score (nSPS) is 18.3. The van der Waals surface area contributed by atoms with Crippen molar-refractivity contribution >= 4 is 10.9 Å². The maximum Gasteiger partial charge on any atom is 0.119 e. The molecule has 4 heteroatoms. The quantitative estimate of drug-likeness (QED) is 0.848. The molecule has 0 saturated carbocycles. The predicted octanol–water partition coefficient (Wildman–Crippen LogP) is 2.28. The Morgan fingerprint density at radius 2 is 2.39 bits per heavy atom. The van der Waals surface area contributed by atoms with Crippen LogP contribution < -0.4 is 10.1 Å². The number of benzene rings is 1. The van der Waals surface area contributed by atoms with Crippen LogP contribution in [0.15, 0.2) is 18.2 Å². The van der Waals surface area contributed by atoms with Gasteiger partial charge in [-0.2, -0.15) is 5.26 Å². The van der Waals surface area contributed by atoms with Crippen LogP contribution in [0.3, 0.4) is 0 Å². The number of aromatic amines is 1. The first-order valence-corrected chi connectivity index (χ1v) is 6.12. The highest BCUT2D eigenvalue weighted by molar-refractivity contribution is 5.86. The van der Waals surface area contributed by atoms with Crippen LogP contribution in [-0.4, -0.2) is 18.6 Å². The van der Waals surface area contributed by atoms with E-state index in [2.05, 4.69) is 22.4 Å². The lowest BCUT2D eigenvalue weighted by Gasteiger charge is -2.22. The zero-order chi connectivity index (χ0) is 12.5. The second kappa shape index (κ2) is 4.35. The van der Waals surface area contributed by atoms with Crippen molar-refractivity contribution in [2.75, 3.05) is 13.7 Å². The number of hydrogen-bond donors (Lipinski definition) is 2. The lowest BCUT2D eigenvalue weighted by atomic mass is 9.98. The Labute approximate surface area is 106 Å². The number of H-pyrrole nitrogens is 1. The van der Waals surface area contributed by atoms with E-state index in [-0.39, 0.29) is 6.04 Å². The van der Waals surface area contributed by atoms with Gasteiger partial charge in [-0.05, 0) is 36.7 Å². The fraction of sp³-hybridized carbons (Fsp3) is 0.357. The van der Waals surface area contributed by atoms with E-state index in [9.17, 15) is 0 Å². The van der Waals surface area contributed by atoms with E-state index in [1.54, 1.807) is 7.11 Å². The molecule has 1 aromatic heterocycles. The number of ether oxygens (including phenoxy) is 1. The van der Waals surface area contributed by atoms with Gasteiger partial charge in [0.15, 0.2) is 0 Å². The molecule has 1 aliphatic rings. The molecule has 2 aromatic rings. The molecule has 18 heavy (non-hydrogen) atoms. The number of methoxy groups -OCH3 is 1. The summed E-state index contributed by atoms with van der Waals surface area (Å²) in [7, 11) is 1.68. The predicted molar refractivity (Wildman–Crippen MR) is 69.5 cm³/mol. The third-order valence-corrected chi connectivity index (χ3v) is 3.56. The molecule has 3 rings (SSSR count). The summed E-state index contributed by atoms with van der Waals surface area (Å²) < 4.78 is 5.28. The van der Waals surface area contributed by atoms with Gasteiger partial charge >= 0.3 is 0 Å². The zero-order valence-electron chi connectivity index (χ0n) is 10.3. The van der Waals surface area contributed by atoms with Crippen molar-refractivity contribution in [1.29, 1.82) is 5.26 Å². The monoisotopic (exact) mass is 241 g/mol. The summed E-state index contributed by atoms with van der Waals surface area (Å²) in [5.74, 6) is 0.875. The molecule has 0 amide bonds. The molecule has 0 spiro atoms. The molecule has 0 saturated heterocycles. The zero-order valence-corrected chi connectivity index (χ0v) is 10.3. The van der Waals surface area contributed by atoms with Crippen LogP contribution in [0, 0.1) is 11.3 Å². The van der Waals surface area contributed by atoms with Crippen molar-refractivity contribution in [3.8, 4) is 11.8 Å². The second-order valence-electron chi connectivity index (χ2n) is 4.55. The summed E-state index contributed by atoms with van der Waals surface area (Å²) in [5, 5.41) is 13.5. The molecule has 4 nitrogen and oxygen atoms in total. The Hall–Kier alpha value is -1.99. The molecule has 2 N–H and O–H groups in total. The molecule has 2 heterocycles. The largest absolute Gasteiger partial charge is 0.497 e. The summed E-state index contributed by atoms with van der Waals surface area (Å²) in [5.41, 5.74) is 3.60. The third-order valence-electron chi connectivity index (χ3n) is 3.56. The average Bonchev–Trinajstić information content (AvgIpc) is 2.78. The van der Waals surface area contributed by atoms with Gasteiger partial charge in [0.25, 0.3) is 0 Å². The summed E-state index contributed by atoms with van der Waals surface area (Å²) >= 11 is 0. The van der Waals surface area contributed by atoms with Gasteiger partial charge in [-0.25, -0.2) is 0 Å². The lowest BCUT2D eigenvalue weighted by Crippen LogP contribution is -2.29. The molecule has 0 fully saturated rings. The van der Waals surface area contributed by atoms with E-state index in [1.165, 1.54) is 10.9 Å². The van der Waals surface area contributed by atoms with Gasteiger partial charge in [-0.1, -0.05) is 0 Å². The van der Waals surface area contributed by atoms with Crippen LogP contribution in [0.4, 0.5) is 0 Å². The van der Waals surface area contributed by atoms with Crippen LogP contribution in [-0.2, 0) is 6.42 Å². The number of nitrogens with zero attached hydrogens (tertiary/aromatic N) is 1. The molecule has 92 valence electrons. The van der Waals surface area contributed by atoms with Crippen molar-refractivity contribution < 1.29 is 4.74 Å². The Morgan fingerprint density at radius 1 is 1.50 bits per heavy atom. The van der Waals surface area contributed by atoms with Crippen molar-refractivity contribution in [2.45, 2.75) is 18.9 Å². The topological polar surface area (TPSA) is 60.8 Å². The van der Waals surface area contributed by atoms with Crippen LogP contribution in [0.5, 0.6) is 5.75 Å². The van der Waals surface area contributed by atoms with Gasteiger partial charge in [-0.3, -0.25) is 0 Å². The lowest BCUT2D eigenvalue weighted by molar-refractivity contribution is 0.415. The SMILES string of the molecule is COc1ccc2[nH]c3c(c2c1)CCNC3CC#N. The van der Waals surface area contributed by atoms with Crippen molar-refractivity contribution in [3.63, 3.8) is 0 Å². The number of fused-ring (bicyclic) bond motifs is 3. The summed E-state index contributed by atoms with van der Waals surface area (Å²) in [4.78, 5) is 3.43. The van der Waals surface area contributed by atoms with Crippen LogP contribution >= 0.6 is 0 Å². The minimum atomic E-state index is 0.122. The highest BCUT2D eigenvalue weighted by Gasteiger charge is 2.23. The van der Waals surface area contributed by atoms with E-state index in [4.69, 9.17) is 10.00 Å². The van der Waals surface area contributed by atoms with Gasteiger partial charge in [-0.15, -0.1) is 0 Å². The van der Waals surface area contributed by atoms with Gasteiger partial charge in [0.2, 0.25) is 0 Å². The Kier molecular flexibility index (Phi) is 2.69. The van der Waals surface area contributed by atoms with E-state index in [0.717, 1.165) is 29.9 Å². The Bertz CT molecular complexity index is 624. The van der Waals surface area contributed by atoms with Crippen molar-refractivity contribution in [3.05, 3.63) is 29.5 Å². The van der Waals surface area contributed by atoms with E-state index >= 15 is 0 Å². The molecule has 0 radical (unpaired) electrons. The number of hydrogen-bond acceptors (Lipinski definition) is 3. The van der Waals surface area contributed by atoms with Crippen LogP contribution in [0.1, 0.15) is 23.7 Å². The minimum absolute atomic E-state index is 0.122. The van der Waals surface area contributed by atoms with Crippen LogP contribution in [0.2, 0.25) is 0 Å². The van der Waals surface area contributed by atoms with Gasteiger partial charge < -0.3 is 15.0 Å². The van der Waals surface area contributed by atoms with E-state index in [0.29, 0.717) is 6.42 Å². The maximum atomic E-state index is 8.88. The maximum absolute atomic E-state index is 8.88. The first kappa shape index (κ1) is 11.1. The van der Waals surface area contributed by atoms with Gasteiger partial charge in [0.05, 0.1) is 25.6 Å². The molecule has 1 atom stereocenters. The smallest absolute Gasteiger partial charge is 0.119 e. The second-order valence-corrected chi connectivity index (χ2v) is 4.55. The minimum Gasteiger partial charge on any atom is -0.497 e. The first-order chi connectivity index (χ1) is 8.83. The highest BCUT2D eigenvalue weighted by Crippen LogP contribution is 2.33. The fourth-order valence-corrected chi connectivity index (χ4v) is 2.68. The summed E-state index contributed by atoms with van der Waals surface area (Å²) in [6, 6.07) is 8.42. The first-order valence-electron chi connectivity index (χ1n) is 6.12. The molecule has 1 aromatic carbocycles. The fourth-order valence-electron chi connectivity index (χ4n) is 2.68. The average molecular weight is 241 g/mol. The van der Waals surface area contributed by atoms with Crippen molar-refractivity contribution in [2.24, 2.45) is 0 Å². The van der Waals surface area contributed by atoms with Gasteiger partial charge in [0, 0.05) is 16.6 Å². The molecule has 1 unspecified atom stereocenters. The molecule has 1 aliphatic heterocycles. The Morgan fingerprint density at radius 3 is 3.17 bits per heavy atom.